The third-order valence-electron chi connectivity index (χ3n) is 4.24. The summed E-state index contributed by atoms with van der Waals surface area (Å²) in [5, 5.41) is 20.3. The van der Waals surface area contributed by atoms with Gasteiger partial charge in [-0.1, -0.05) is 35.9 Å². The van der Waals surface area contributed by atoms with Crippen LogP contribution in [0.5, 0.6) is 5.75 Å². The van der Waals surface area contributed by atoms with Crippen molar-refractivity contribution in [3.8, 4) is 5.75 Å². The average molecular weight is 283 g/mol. The normalized spacial score (nSPS) is 20.7. The Labute approximate surface area is 123 Å². The molecule has 4 heteroatoms. The van der Waals surface area contributed by atoms with Crippen LogP contribution >= 0.6 is 0 Å². The second-order valence-electron chi connectivity index (χ2n) is 5.47. The number of aryl methyl sites for hydroxylation is 1. The fourth-order valence-corrected chi connectivity index (χ4v) is 3.13. The van der Waals surface area contributed by atoms with Crippen LogP contribution in [0.15, 0.2) is 42.5 Å². The molecule has 1 unspecified atom stereocenters. The van der Waals surface area contributed by atoms with E-state index in [1.54, 1.807) is 25.2 Å². The molecule has 2 N–H and O–H groups in total. The third-order valence-corrected chi connectivity index (χ3v) is 4.24. The van der Waals surface area contributed by atoms with E-state index in [-0.39, 0.29) is 18.3 Å². The molecule has 0 spiro atoms. The molecule has 0 aromatic heterocycles. The number of amides is 1. The van der Waals surface area contributed by atoms with Crippen molar-refractivity contribution in [1.82, 2.24) is 0 Å². The van der Waals surface area contributed by atoms with Crippen molar-refractivity contribution in [2.45, 2.75) is 12.3 Å². The molecule has 1 aliphatic heterocycles. The number of carbonyl (C=O) groups is 1. The van der Waals surface area contributed by atoms with Crippen molar-refractivity contribution in [2.24, 2.45) is 0 Å². The highest BCUT2D eigenvalue weighted by atomic mass is 16.3. The molecule has 1 amide bonds. The first kappa shape index (κ1) is 13.6. The molecule has 1 aliphatic rings. The van der Waals surface area contributed by atoms with Crippen LogP contribution in [-0.2, 0) is 10.2 Å². The molecule has 4 nitrogen and oxygen atoms in total. The molecule has 0 saturated carbocycles. The molecule has 1 atom stereocenters. The van der Waals surface area contributed by atoms with Crippen LogP contribution < -0.4 is 4.90 Å². The summed E-state index contributed by atoms with van der Waals surface area (Å²) in [5.74, 6) is -0.208. The lowest BCUT2D eigenvalue weighted by molar-refractivity contribution is -0.122. The number of fused-ring (bicyclic) bond motifs is 1. The number of hydrogen-bond donors (Lipinski definition) is 2. The van der Waals surface area contributed by atoms with Crippen LogP contribution in [0.25, 0.3) is 0 Å². The average Bonchev–Trinajstić information content (AvgIpc) is 2.72. The Morgan fingerprint density at radius 3 is 2.57 bits per heavy atom. The van der Waals surface area contributed by atoms with Gasteiger partial charge in [-0.2, -0.15) is 0 Å². The standard InChI is InChI=1S/C17H17NO3/c1-11-7-8-15(20)13(9-11)17(10-19)12-5-3-4-6-14(12)18(2)16(17)21/h3-9,19-20H,10H2,1-2H3. The van der Waals surface area contributed by atoms with Gasteiger partial charge >= 0.3 is 0 Å². The molecular weight excluding hydrogens is 266 g/mol. The Morgan fingerprint density at radius 2 is 1.86 bits per heavy atom. The molecule has 0 fully saturated rings. The number of nitrogens with zero attached hydrogens (tertiary/aromatic N) is 1. The zero-order chi connectivity index (χ0) is 15.2. The monoisotopic (exact) mass is 283 g/mol. The lowest BCUT2D eigenvalue weighted by Crippen LogP contribution is -2.42. The molecule has 108 valence electrons. The second-order valence-corrected chi connectivity index (χ2v) is 5.47. The minimum Gasteiger partial charge on any atom is -0.508 e. The van der Waals surface area contributed by atoms with E-state index in [9.17, 15) is 15.0 Å². The fraction of sp³-hybridized carbons (Fsp3) is 0.235. The SMILES string of the molecule is Cc1ccc(O)c(C2(CO)C(=O)N(C)c3ccccc32)c1. The quantitative estimate of drug-likeness (QED) is 0.885. The van der Waals surface area contributed by atoms with Gasteiger partial charge in [0.25, 0.3) is 0 Å². The van der Waals surface area contributed by atoms with Gasteiger partial charge in [-0.05, 0) is 24.6 Å². The number of likely N-dealkylation sites (N-methyl/N-ethyl adjacent to an activating group) is 1. The van der Waals surface area contributed by atoms with E-state index >= 15 is 0 Å². The van der Waals surface area contributed by atoms with Crippen LogP contribution in [0.4, 0.5) is 5.69 Å². The Balaban J connectivity index is 2.35. The van der Waals surface area contributed by atoms with E-state index in [1.165, 1.54) is 4.90 Å². The summed E-state index contributed by atoms with van der Waals surface area (Å²) in [7, 11) is 1.69. The number of phenols is 1. The first-order chi connectivity index (χ1) is 10.0. The van der Waals surface area contributed by atoms with E-state index in [1.807, 2.05) is 31.2 Å². The van der Waals surface area contributed by atoms with Crippen molar-refractivity contribution in [3.05, 3.63) is 59.2 Å². The summed E-state index contributed by atoms with van der Waals surface area (Å²) in [6, 6.07) is 12.5. The maximum atomic E-state index is 12.8. The maximum Gasteiger partial charge on any atom is 0.244 e. The van der Waals surface area contributed by atoms with Crippen molar-refractivity contribution in [1.29, 1.82) is 0 Å². The van der Waals surface area contributed by atoms with E-state index in [2.05, 4.69) is 0 Å². The van der Waals surface area contributed by atoms with Gasteiger partial charge in [0.1, 0.15) is 11.2 Å². The summed E-state index contributed by atoms with van der Waals surface area (Å²) in [6.45, 7) is 1.51. The number of para-hydroxylation sites is 1. The molecule has 3 rings (SSSR count). The highest BCUT2D eigenvalue weighted by molar-refractivity contribution is 6.10. The predicted molar refractivity (Wildman–Crippen MR) is 80.6 cm³/mol. The van der Waals surface area contributed by atoms with Crippen LogP contribution in [0.2, 0.25) is 0 Å². The number of rotatable bonds is 2. The first-order valence-corrected chi connectivity index (χ1v) is 6.81. The number of aliphatic hydroxyl groups is 1. The molecule has 2 aromatic carbocycles. The fourth-order valence-electron chi connectivity index (χ4n) is 3.13. The van der Waals surface area contributed by atoms with Gasteiger partial charge in [0.2, 0.25) is 5.91 Å². The number of carbonyl (C=O) groups excluding carboxylic acids is 1. The van der Waals surface area contributed by atoms with Gasteiger partial charge in [-0.25, -0.2) is 0 Å². The smallest absolute Gasteiger partial charge is 0.244 e. The molecular formula is C17H17NO3. The minimum atomic E-state index is -1.23. The number of benzene rings is 2. The molecule has 1 heterocycles. The number of anilines is 1. The Hall–Kier alpha value is -2.33. The molecule has 0 aliphatic carbocycles. The predicted octanol–water partition coefficient (Wildman–Crippen LogP) is 1.96. The molecule has 21 heavy (non-hydrogen) atoms. The molecule has 0 bridgehead atoms. The highest BCUT2D eigenvalue weighted by Crippen LogP contribution is 2.47. The number of phenolic OH excluding ortho intramolecular Hbond substituents is 1. The zero-order valence-electron chi connectivity index (χ0n) is 12.0. The van der Waals surface area contributed by atoms with Gasteiger partial charge in [-0.3, -0.25) is 4.79 Å². The van der Waals surface area contributed by atoms with Crippen molar-refractivity contribution in [2.75, 3.05) is 18.6 Å². The molecule has 2 aromatic rings. The summed E-state index contributed by atoms with van der Waals surface area (Å²) in [4.78, 5) is 14.4. The number of hydrogen-bond acceptors (Lipinski definition) is 3. The maximum absolute atomic E-state index is 12.8. The lowest BCUT2D eigenvalue weighted by Gasteiger charge is -2.27. The minimum absolute atomic E-state index is 0.0214. The number of aromatic hydroxyl groups is 1. The van der Waals surface area contributed by atoms with Gasteiger partial charge in [-0.15, -0.1) is 0 Å². The topological polar surface area (TPSA) is 60.8 Å². The third kappa shape index (κ3) is 1.69. The van der Waals surface area contributed by atoms with Gasteiger partial charge in [0, 0.05) is 18.3 Å². The lowest BCUT2D eigenvalue weighted by atomic mass is 9.75. The van der Waals surface area contributed by atoms with E-state index in [0.717, 1.165) is 16.8 Å². The van der Waals surface area contributed by atoms with Crippen LogP contribution in [0.1, 0.15) is 16.7 Å². The molecule has 0 radical (unpaired) electrons. The van der Waals surface area contributed by atoms with Crippen LogP contribution in [0.3, 0.4) is 0 Å². The van der Waals surface area contributed by atoms with Crippen molar-refractivity contribution in [3.63, 3.8) is 0 Å². The van der Waals surface area contributed by atoms with Crippen LogP contribution in [0, 0.1) is 6.92 Å². The second kappa shape index (κ2) is 4.60. The van der Waals surface area contributed by atoms with E-state index in [4.69, 9.17) is 0 Å². The van der Waals surface area contributed by atoms with Gasteiger partial charge in [0.15, 0.2) is 0 Å². The van der Waals surface area contributed by atoms with Crippen molar-refractivity contribution < 1.29 is 15.0 Å². The van der Waals surface area contributed by atoms with E-state index < -0.39 is 5.41 Å². The Bertz CT molecular complexity index is 726. The summed E-state index contributed by atoms with van der Waals surface area (Å²) in [6.07, 6.45) is 0. The van der Waals surface area contributed by atoms with Gasteiger partial charge < -0.3 is 15.1 Å². The van der Waals surface area contributed by atoms with Gasteiger partial charge in [0.05, 0.1) is 6.61 Å². The van der Waals surface area contributed by atoms with Crippen LogP contribution in [-0.4, -0.2) is 29.8 Å². The first-order valence-electron chi connectivity index (χ1n) is 6.81. The summed E-state index contributed by atoms with van der Waals surface area (Å²) in [5.41, 5.74) is 1.63. The largest absolute Gasteiger partial charge is 0.508 e. The Kier molecular flexibility index (Phi) is 2.99. The summed E-state index contributed by atoms with van der Waals surface area (Å²) < 4.78 is 0. The van der Waals surface area contributed by atoms with Crippen molar-refractivity contribution >= 4 is 11.6 Å². The highest BCUT2D eigenvalue weighted by Gasteiger charge is 2.51. The number of aliphatic hydroxyl groups excluding tert-OH is 1. The molecule has 0 saturated heterocycles. The van der Waals surface area contributed by atoms with E-state index in [0.29, 0.717) is 5.56 Å². The Morgan fingerprint density at radius 1 is 1.14 bits per heavy atom. The summed E-state index contributed by atoms with van der Waals surface area (Å²) >= 11 is 0. The zero-order valence-corrected chi connectivity index (χ0v) is 12.0.